The van der Waals surface area contributed by atoms with Crippen LogP contribution in [0.4, 0.5) is 0 Å². The van der Waals surface area contributed by atoms with Gasteiger partial charge in [-0.3, -0.25) is 0 Å². The lowest BCUT2D eigenvalue weighted by molar-refractivity contribution is 0.284. The predicted octanol–water partition coefficient (Wildman–Crippen LogP) is 4.10. The van der Waals surface area contributed by atoms with Crippen LogP contribution in [0.25, 0.3) is 22.8 Å². The second-order valence-electron chi connectivity index (χ2n) is 6.74. The fourth-order valence-corrected chi connectivity index (χ4v) is 4.10. The number of rotatable bonds is 8. The van der Waals surface area contributed by atoms with Crippen molar-refractivity contribution in [2.75, 3.05) is 19.8 Å². The molecule has 1 aliphatic carbocycles. The molecule has 2 aromatic carbocycles. The number of hydrogen-bond donors (Lipinski definition) is 2. The van der Waals surface area contributed by atoms with Crippen molar-refractivity contribution >= 4 is 23.0 Å². The molecule has 0 saturated heterocycles. The fraction of sp³-hybridized carbons (Fsp3) is 0.333. The second kappa shape index (κ2) is 9.10. The third-order valence-corrected chi connectivity index (χ3v) is 5.49. The molecule has 0 radical (unpaired) electrons. The summed E-state index contributed by atoms with van der Waals surface area (Å²) in [4.78, 5) is 4.64. The lowest BCUT2D eigenvalue weighted by Gasteiger charge is -2.13. The Morgan fingerprint density at radius 3 is 2.97 bits per heavy atom. The fourth-order valence-electron chi connectivity index (χ4n) is 3.74. The van der Waals surface area contributed by atoms with Gasteiger partial charge in [0.05, 0.1) is 13.2 Å². The molecule has 8 heteroatoms. The molecule has 0 aliphatic heterocycles. The van der Waals surface area contributed by atoms with E-state index in [0.717, 1.165) is 24.0 Å². The van der Waals surface area contributed by atoms with E-state index < -0.39 is 0 Å². The van der Waals surface area contributed by atoms with Crippen molar-refractivity contribution in [3.63, 3.8) is 0 Å². The number of nitrogens with zero attached hydrogens (tertiary/aromatic N) is 2. The number of halogens is 1. The van der Waals surface area contributed by atoms with Crippen LogP contribution in [0.1, 0.15) is 30.5 Å². The van der Waals surface area contributed by atoms with Crippen molar-refractivity contribution in [3.05, 3.63) is 47.5 Å². The summed E-state index contributed by atoms with van der Waals surface area (Å²) in [5, 5.41) is 16.7. The summed E-state index contributed by atoms with van der Waals surface area (Å²) in [7, 11) is 0. The first-order chi connectivity index (χ1) is 14.2. The number of aliphatic hydroxyl groups is 1. The summed E-state index contributed by atoms with van der Waals surface area (Å²) in [5.74, 6) is 2.30. The molecule has 7 nitrogen and oxygen atoms in total. The van der Waals surface area contributed by atoms with Crippen molar-refractivity contribution in [2.45, 2.75) is 25.8 Å². The van der Waals surface area contributed by atoms with Gasteiger partial charge in [-0.1, -0.05) is 23.4 Å². The van der Waals surface area contributed by atoms with E-state index in [1.165, 1.54) is 11.1 Å². The third kappa shape index (κ3) is 4.10. The molecule has 1 atom stereocenters. The minimum atomic E-state index is 0.130. The number of hydrogen-bond acceptors (Lipinski definition) is 7. The maximum absolute atomic E-state index is 9.09. The predicted molar refractivity (Wildman–Crippen MR) is 117 cm³/mol. The first-order valence-corrected chi connectivity index (χ1v) is 10.5. The van der Waals surface area contributed by atoms with Crippen molar-refractivity contribution in [1.82, 2.24) is 15.5 Å². The Morgan fingerprint density at radius 2 is 2.17 bits per heavy atom. The molecule has 1 unspecified atom stereocenters. The quantitative estimate of drug-likeness (QED) is 0.444. The normalized spacial score (nSPS) is 15.3. The zero-order valence-corrected chi connectivity index (χ0v) is 18.2. The summed E-state index contributed by atoms with van der Waals surface area (Å²) in [6.45, 7) is 3.17. The maximum atomic E-state index is 9.09. The van der Waals surface area contributed by atoms with Crippen molar-refractivity contribution in [3.8, 4) is 34.3 Å². The van der Waals surface area contributed by atoms with Crippen LogP contribution in [-0.2, 0) is 6.42 Å². The van der Waals surface area contributed by atoms with Crippen LogP contribution >= 0.6 is 23.0 Å². The summed E-state index contributed by atoms with van der Waals surface area (Å²) < 4.78 is 16.5. The molecule has 4 rings (SSSR count). The SMILES string of the molecule is CCOc1cc(-c2nc(-c3cccc4c3CCC4NCCO)no2)ccc1OI. The zero-order chi connectivity index (χ0) is 20.2. The van der Waals surface area contributed by atoms with Gasteiger partial charge in [0.15, 0.2) is 34.5 Å². The average molecular weight is 507 g/mol. The molecule has 29 heavy (non-hydrogen) atoms. The van der Waals surface area contributed by atoms with Gasteiger partial charge in [0.25, 0.3) is 5.89 Å². The molecule has 3 aromatic rings. The van der Waals surface area contributed by atoms with Crippen molar-refractivity contribution in [2.24, 2.45) is 0 Å². The Labute approximate surface area is 183 Å². The smallest absolute Gasteiger partial charge is 0.258 e. The Balaban J connectivity index is 1.64. The van der Waals surface area contributed by atoms with E-state index in [0.29, 0.717) is 36.4 Å². The molecule has 0 amide bonds. The molecular formula is C21H22IN3O4. The number of fused-ring (bicyclic) bond motifs is 1. The van der Waals surface area contributed by atoms with Crippen LogP contribution in [0.3, 0.4) is 0 Å². The van der Waals surface area contributed by atoms with Gasteiger partial charge in [0.1, 0.15) is 0 Å². The highest BCUT2D eigenvalue weighted by Gasteiger charge is 2.26. The Morgan fingerprint density at radius 1 is 1.28 bits per heavy atom. The van der Waals surface area contributed by atoms with Crippen LogP contribution in [0.2, 0.25) is 0 Å². The van der Waals surface area contributed by atoms with Crippen LogP contribution in [0, 0.1) is 0 Å². The first kappa shape index (κ1) is 20.1. The number of nitrogens with one attached hydrogen (secondary N) is 1. The van der Waals surface area contributed by atoms with Gasteiger partial charge < -0.3 is 22.7 Å². The topological polar surface area (TPSA) is 89.6 Å². The summed E-state index contributed by atoms with van der Waals surface area (Å²) >= 11 is 1.83. The number of aliphatic hydroxyl groups excluding tert-OH is 1. The minimum absolute atomic E-state index is 0.130. The summed E-state index contributed by atoms with van der Waals surface area (Å²) in [6, 6.07) is 12.0. The second-order valence-corrected chi connectivity index (χ2v) is 7.18. The van der Waals surface area contributed by atoms with Crippen molar-refractivity contribution < 1.29 is 17.4 Å². The number of ether oxygens (including phenoxy) is 1. The summed E-state index contributed by atoms with van der Waals surface area (Å²) in [5.41, 5.74) is 4.24. The van der Waals surface area contributed by atoms with Gasteiger partial charge in [-0.15, -0.1) is 0 Å². The highest BCUT2D eigenvalue weighted by molar-refractivity contribution is 14.1. The largest absolute Gasteiger partial charge is 0.490 e. The van der Waals surface area contributed by atoms with E-state index in [1.54, 1.807) is 0 Å². The van der Waals surface area contributed by atoms with Gasteiger partial charge in [-0.25, -0.2) is 0 Å². The van der Waals surface area contributed by atoms with E-state index in [9.17, 15) is 0 Å². The Hall–Kier alpha value is -2.17. The monoisotopic (exact) mass is 507 g/mol. The lowest BCUT2D eigenvalue weighted by atomic mass is 10.0. The van der Waals surface area contributed by atoms with Gasteiger partial charge in [-0.05, 0) is 49.1 Å². The first-order valence-electron chi connectivity index (χ1n) is 9.61. The van der Waals surface area contributed by atoms with Crippen LogP contribution in [0.5, 0.6) is 11.5 Å². The molecule has 2 N–H and O–H groups in total. The van der Waals surface area contributed by atoms with Crippen LogP contribution in [0.15, 0.2) is 40.9 Å². The molecular weight excluding hydrogens is 485 g/mol. The van der Waals surface area contributed by atoms with E-state index in [-0.39, 0.29) is 12.6 Å². The van der Waals surface area contributed by atoms with Gasteiger partial charge in [0, 0.05) is 23.7 Å². The summed E-state index contributed by atoms with van der Waals surface area (Å²) in [6.07, 6.45) is 1.93. The Kier molecular flexibility index (Phi) is 6.31. The molecule has 0 saturated carbocycles. The maximum Gasteiger partial charge on any atom is 0.258 e. The molecule has 0 fully saturated rings. The molecule has 0 spiro atoms. The molecule has 0 bridgehead atoms. The highest BCUT2D eigenvalue weighted by atomic mass is 127. The molecule has 1 aromatic heterocycles. The van der Waals surface area contributed by atoms with Crippen LogP contribution in [-0.4, -0.2) is 35.0 Å². The van der Waals surface area contributed by atoms with Crippen molar-refractivity contribution in [1.29, 1.82) is 0 Å². The average Bonchev–Trinajstić information content (AvgIpc) is 3.40. The molecule has 1 heterocycles. The number of aromatic nitrogens is 2. The van der Waals surface area contributed by atoms with E-state index in [4.69, 9.17) is 17.4 Å². The zero-order valence-electron chi connectivity index (χ0n) is 16.0. The molecule has 152 valence electrons. The van der Waals surface area contributed by atoms with E-state index in [1.807, 2.05) is 60.3 Å². The number of benzene rings is 2. The molecule has 1 aliphatic rings. The lowest BCUT2D eigenvalue weighted by Crippen LogP contribution is -2.22. The van der Waals surface area contributed by atoms with E-state index in [2.05, 4.69) is 21.5 Å². The van der Waals surface area contributed by atoms with Gasteiger partial charge >= 0.3 is 0 Å². The van der Waals surface area contributed by atoms with Gasteiger partial charge in [0.2, 0.25) is 5.82 Å². The standard InChI is InChI=1S/C21H22IN3O4/c1-2-27-19-12-13(6-9-18(19)28-22)21-24-20(25-29-21)16-5-3-4-15-14(16)7-8-17(15)23-10-11-26/h3-6,9,12,17,23,26H,2,7-8,10-11H2,1H3. The minimum Gasteiger partial charge on any atom is -0.490 e. The van der Waals surface area contributed by atoms with E-state index >= 15 is 0 Å². The third-order valence-electron chi connectivity index (χ3n) is 5.01. The highest BCUT2D eigenvalue weighted by Crippen LogP contribution is 2.38. The Bertz CT molecular complexity index is 992. The van der Waals surface area contributed by atoms with Crippen LogP contribution < -0.4 is 13.1 Å². The van der Waals surface area contributed by atoms with Gasteiger partial charge in [-0.2, -0.15) is 4.98 Å².